The summed E-state index contributed by atoms with van der Waals surface area (Å²) in [6.45, 7) is 5.34. The Morgan fingerprint density at radius 1 is 1.18 bits per heavy atom. The third-order valence-corrected chi connectivity index (χ3v) is 7.06. The molecule has 3 fully saturated rings. The maximum absolute atomic E-state index is 13.6. The summed E-state index contributed by atoms with van der Waals surface area (Å²) in [6, 6.07) is 6.16. The average Bonchev–Trinajstić information content (AvgIpc) is 3.64. The summed E-state index contributed by atoms with van der Waals surface area (Å²) in [5.74, 6) is 0.222. The first-order chi connectivity index (χ1) is 16.5. The maximum atomic E-state index is 13.6. The van der Waals surface area contributed by atoms with Crippen molar-refractivity contribution in [1.29, 1.82) is 0 Å². The van der Waals surface area contributed by atoms with Gasteiger partial charge in [-0.3, -0.25) is 24.6 Å². The number of nitrogens with one attached hydrogen (secondary N) is 1. The molecule has 1 aromatic rings. The molecule has 2 heterocycles. The summed E-state index contributed by atoms with van der Waals surface area (Å²) >= 11 is 0. The Labute approximate surface area is 200 Å². The third-order valence-electron chi connectivity index (χ3n) is 7.06. The van der Waals surface area contributed by atoms with Gasteiger partial charge in [-0.15, -0.1) is 0 Å². The van der Waals surface area contributed by atoms with Crippen LogP contribution >= 0.6 is 0 Å². The fraction of sp³-hybridized carbons (Fsp3) is 0.667. The van der Waals surface area contributed by atoms with Crippen LogP contribution in [0.3, 0.4) is 0 Å². The normalized spacial score (nSPS) is 23.2. The lowest BCUT2D eigenvalue weighted by molar-refractivity contribution is -0.384. The minimum atomic E-state index is -0.432. The molecule has 1 N–H and O–H groups in total. The Morgan fingerprint density at radius 3 is 2.62 bits per heavy atom. The van der Waals surface area contributed by atoms with Crippen LogP contribution in [0.4, 0.5) is 5.69 Å². The van der Waals surface area contributed by atoms with E-state index >= 15 is 0 Å². The second-order valence-corrected chi connectivity index (χ2v) is 9.49. The molecule has 10 heteroatoms. The number of nitrogens with zero attached hydrogens (tertiary/aromatic N) is 4. The van der Waals surface area contributed by atoms with Crippen LogP contribution in [0, 0.1) is 16.0 Å². The number of nitro benzene ring substituents is 1. The standard InChI is InChI=1S/C24H35N5O5/c1-34-14-13-27(16-18-3-7-20(8-4-18)29(32)33)21-15-22(28(17-21)23(30)19-5-6-19)24(31)26-11-2-9-25-10-12-26/h3-4,7-8,19,21-22,25H,2,5-6,9-17H2,1H3. The van der Waals surface area contributed by atoms with Crippen molar-refractivity contribution in [2.75, 3.05) is 53.0 Å². The van der Waals surface area contributed by atoms with Crippen LogP contribution in [0.2, 0.25) is 0 Å². The van der Waals surface area contributed by atoms with Crippen molar-refractivity contribution in [2.24, 2.45) is 5.92 Å². The summed E-state index contributed by atoms with van der Waals surface area (Å²) in [7, 11) is 1.65. The Morgan fingerprint density at radius 2 is 1.94 bits per heavy atom. The summed E-state index contributed by atoms with van der Waals surface area (Å²) in [6.07, 6.45) is 3.33. The second kappa shape index (κ2) is 11.2. The number of ether oxygens (including phenoxy) is 1. The van der Waals surface area contributed by atoms with E-state index in [1.165, 1.54) is 12.1 Å². The van der Waals surface area contributed by atoms with Crippen molar-refractivity contribution in [3.63, 3.8) is 0 Å². The van der Waals surface area contributed by atoms with Gasteiger partial charge in [-0.1, -0.05) is 12.1 Å². The van der Waals surface area contributed by atoms with E-state index < -0.39 is 11.0 Å². The van der Waals surface area contributed by atoms with Gasteiger partial charge in [0, 0.05) is 70.5 Å². The molecule has 2 unspecified atom stereocenters. The molecule has 0 spiro atoms. The van der Waals surface area contributed by atoms with Crippen molar-refractivity contribution in [1.82, 2.24) is 20.0 Å². The molecule has 0 radical (unpaired) electrons. The fourth-order valence-electron chi connectivity index (χ4n) is 4.95. The third kappa shape index (κ3) is 5.92. The van der Waals surface area contributed by atoms with Crippen LogP contribution in [0.25, 0.3) is 0 Å². The van der Waals surface area contributed by atoms with E-state index in [4.69, 9.17) is 4.74 Å². The predicted molar refractivity (Wildman–Crippen MR) is 126 cm³/mol. The van der Waals surface area contributed by atoms with E-state index in [1.807, 2.05) is 9.80 Å². The number of carbonyl (C=O) groups excluding carboxylic acids is 2. The van der Waals surface area contributed by atoms with Crippen LogP contribution in [-0.4, -0.2) is 96.5 Å². The molecule has 2 amide bonds. The number of benzene rings is 1. The van der Waals surface area contributed by atoms with Gasteiger partial charge in [0.25, 0.3) is 5.69 Å². The molecule has 1 aliphatic carbocycles. The lowest BCUT2D eigenvalue weighted by Crippen LogP contribution is -2.49. The van der Waals surface area contributed by atoms with Crippen LogP contribution in [-0.2, 0) is 20.9 Å². The molecule has 0 bridgehead atoms. The number of amides is 2. The van der Waals surface area contributed by atoms with Crippen molar-refractivity contribution < 1.29 is 19.2 Å². The van der Waals surface area contributed by atoms with Gasteiger partial charge < -0.3 is 19.9 Å². The number of methoxy groups -OCH3 is 1. The number of carbonyl (C=O) groups is 2. The Kier molecular flexibility index (Phi) is 8.12. The van der Waals surface area contributed by atoms with Gasteiger partial charge in [0.15, 0.2) is 0 Å². The minimum absolute atomic E-state index is 0.0205. The first-order valence-corrected chi connectivity index (χ1v) is 12.2. The molecule has 2 aliphatic heterocycles. The Bertz CT molecular complexity index is 867. The monoisotopic (exact) mass is 473 g/mol. The fourth-order valence-corrected chi connectivity index (χ4v) is 4.95. The van der Waals surface area contributed by atoms with Crippen molar-refractivity contribution >= 4 is 17.5 Å². The number of non-ortho nitro benzene ring substituents is 1. The maximum Gasteiger partial charge on any atom is 0.269 e. The van der Waals surface area contributed by atoms with E-state index in [2.05, 4.69) is 10.2 Å². The SMILES string of the molecule is COCCN(Cc1ccc([N+](=O)[O-])cc1)C1CC(C(=O)N2CCCNCC2)N(C(=O)C2CC2)C1. The topological polar surface area (TPSA) is 108 Å². The summed E-state index contributed by atoms with van der Waals surface area (Å²) in [4.78, 5) is 43.3. The van der Waals surface area contributed by atoms with E-state index in [0.717, 1.165) is 37.9 Å². The van der Waals surface area contributed by atoms with Crippen LogP contribution in [0.15, 0.2) is 24.3 Å². The molecule has 34 heavy (non-hydrogen) atoms. The first kappa shape index (κ1) is 24.6. The van der Waals surface area contributed by atoms with Gasteiger partial charge in [0.1, 0.15) is 6.04 Å². The lowest BCUT2D eigenvalue weighted by atomic mass is 10.1. The van der Waals surface area contributed by atoms with Crippen molar-refractivity contribution in [3.05, 3.63) is 39.9 Å². The van der Waals surface area contributed by atoms with Crippen molar-refractivity contribution in [3.8, 4) is 0 Å². The van der Waals surface area contributed by atoms with E-state index in [9.17, 15) is 19.7 Å². The molecule has 2 saturated heterocycles. The molecule has 0 aromatic heterocycles. The molecule has 1 saturated carbocycles. The van der Waals surface area contributed by atoms with Crippen molar-refractivity contribution in [2.45, 2.75) is 44.3 Å². The van der Waals surface area contributed by atoms with Crippen LogP contribution < -0.4 is 5.32 Å². The van der Waals surface area contributed by atoms with Gasteiger partial charge in [0.05, 0.1) is 11.5 Å². The van der Waals surface area contributed by atoms with Gasteiger partial charge >= 0.3 is 0 Å². The Hall–Kier alpha value is -2.56. The quantitative estimate of drug-likeness (QED) is 0.425. The summed E-state index contributed by atoms with van der Waals surface area (Å²) < 4.78 is 5.33. The van der Waals surface area contributed by atoms with Gasteiger partial charge in [-0.05, 0) is 37.8 Å². The summed E-state index contributed by atoms with van der Waals surface area (Å²) in [5, 5.41) is 14.3. The summed E-state index contributed by atoms with van der Waals surface area (Å²) in [5.41, 5.74) is 1.02. The second-order valence-electron chi connectivity index (χ2n) is 9.49. The zero-order chi connectivity index (χ0) is 24.1. The van der Waals surface area contributed by atoms with E-state index in [1.54, 1.807) is 19.2 Å². The molecular formula is C24H35N5O5. The largest absolute Gasteiger partial charge is 0.383 e. The van der Waals surface area contributed by atoms with Crippen LogP contribution in [0.1, 0.15) is 31.2 Å². The van der Waals surface area contributed by atoms with E-state index in [0.29, 0.717) is 45.8 Å². The molecule has 3 aliphatic rings. The highest BCUT2D eigenvalue weighted by atomic mass is 16.6. The number of likely N-dealkylation sites (tertiary alicyclic amines) is 1. The minimum Gasteiger partial charge on any atom is -0.383 e. The van der Waals surface area contributed by atoms with Gasteiger partial charge in [-0.2, -0.15) is 0 Å². The lowest BCUT2D eigenvalue weighted by Gasteiger charge is -2.29. The molecule has 186 valence electrons. The number of nitro groups is 1. The smallest absolute Gasteiger partial charge is 0.269 e. The molecule has 4 rings (SSSR count). The number of hydrogen-bond donors (Lipinski definition) is 1. The predicted octanol–water partition coefficient (Wildman–Crippen LogP) is 1.24. The van der Waals surface area contributed by atoms with Crippen LogP contribution in [0.5, 0.6) is 0 Å². The highest BCUT2D eigenvalue weighted by Crippen LogP contribution is 2.35. The number of hydrogen-bond acceptors (Lipinski definition) is 7. The zero-order valence-corrected chi connectivity index (χ0v) is 19.9. The van der Waals surface area contributed by atoms with Gasteiger partial charge in [-0.25, -0.2) is 0 Å². The average molecular weight is 474 g/mol. The first-order valence-electron chi connectivity index (χ1n) is 12.2. The zero-order valence-electron chi connectivity index (χ0n) is 19.9. The Balaban J connectivity index is 1.51. The number of rotatable bonds is 9. The van der Waals surface area contributed by atoms with E-state index in [-0.39, 0.29) is 29.5 Å². The highest BCUT2D eigenvalue weighted by Gasteiger charge is 2.46. The van der Waals surface area contributed by atoms with Gasteiger partial charge in [0.2, 0.25) is 11.8 Å². The molecule has 10 nitrogen and oxygen atoms in total. The highest BCUT2D eigenvalue weighted by molar-refractivity contribution is 5.90. The molecule has 1 aromatic carbocycles. The molecular weight excluding hydrogens is 438 g/mol. The molecule has 2 atom stereocenters.